The Morgan fingerprint density at radius 3 is 3.00 bits per heavy atom. The number of dihydropyridines is 1. The van der Waals surface area contributed by atoms with E-state index in [0.29, 0.717) is 0 Å². The maximum absolute atomic E-state index is 11.9. The summed E-state index contributed by atoms with van der Waals surface area (Å²) in [6.45, 7) is 2.06. The lowest BCUT2D eigenvalue weighted by Gasteiger charge is -2.04. The van der Waals surface area contributed by atoms with Gasteiger partial charge in [-0.3, -0.25) is 9.59 Å². The van der Waals surface area contributed by atoms with Gasteiger partial charge in [0.2, 0.25) is 11.8 Å². The molecule has 0 aliphatic carbocycles. The molecule has 1 atom stereocenters. The highest BCUT2D eigenvalue weighted by Gasteiger charge is 2.24. The van der Waals surface area contributed by atoms with Crippen molar-refractivity contribution in [2.45, 2.75) is 19.4 Å². The number of amides is 2. The largest absolute Gasteiger partial charge is 0.343 e. The highest BCUT2D eigenvalue weighted by Crippen LogP contribution is 2.18. The zero-order valence-corrected chi connectivity index (χ0v) is 13.5. The second-order valence-electron chi connectivity index (χ2n) is 5.43. The van der Waals surface area contributed by atoms with Gasteiger partial charge in [-0.05, 0) is 30.2 Å². The van der Waals surface area contributed by atoms with Gasteiger partial charge in [0.25, 0.3) is 5.91 Å². The van der Waals surface area contributed by atoms with Gasteiger partial charge in [-0.1, -0.05) is 35.5 Å². The Balaban J connectivity index is 1.56. The first-order chi connectivity index (χ1) is 12.1. The fourth-order valence-electron chi connectivity index (χ4n) is 2.26. The van der Waals surface area contributed by atoms with E-state index in [1.807, 2.05) is 31.2 Å². The normalized spacial score (nSPS) is 16.5. The third-order valence-corrected chi connectivity index (χ3v) is 3.64. The fraction of sp³-hybridized carbons (Fsp3) is 0.167. The summed E-state index contributed by atoms with van der Waals surface area (Å²) >= 11 is 0. The predicted molar refractivity (Wildman–Crippen MR) is 91.7 cm³/mol. The first kappa shape index (κ1) is 16.5. The molecule has 0 radical (unpaired) electrons. The molecule has 2 aromatic rings. The molecule has 0 spiro atoms. The van der Waals surface area contributed by atoms with Crippen LogP contribution in [0.15, 0.2) is 52.0 Å². The Labute approximate surface area is 144 Å². The summed E-state index contributed by atoms with van der Waals surface area (Å²) in [5, 5.41) is 6.43. The average Bonchev–Trinajstić information content (AvgIpc) is 3.08. The van der Waals surface area contributed by atoms with Gasteiger partial charge in [0.05, 0.1) is 6.54 Å². The van der Waals surface area contributed by atoms with E-state index >= 15 is 0 Å². The van der Waals surface area contributed by atoms with E-state index in [9.17, 15) is 9.59 Å². The van der Waals surface area contributed by atoms with Crippen molar-refractivity contribution in [3.05, 3.63) is 65.3 Å². The highest BCUT2D eigenvalue weighted by atomic mass is 16.5. The Kier molecular flexibility index (Phi) is 4.94. The van der Waals surface area contributed by atoms with Gasteiger partial charge in [-0.25, -0.2) is 4.99 Å². The van der Waals surface area contributed by atoms with Crippen LogP contribution in [-0.2, 0) is 16.1 Å². The van der Waals surface area contributed by atoms with Gasteiger partial charge in [0.15, 0.2) is 5.82 Å². The van der Waals surface area contributed by atoms with Crippen LogP contribution < -0.4 is 5.32 Å². The van der Waals surface area contributed by atoms with Gasteiger partial charge in [0, 0.05) is 12.3 Å². The first-order valence-corrected chi connectivity index (χ1v) is 7.72. The van der Waals surface area contributed by atoms with Crippen molar-refractivity contribution in [1.82, 2.24) is 15.5 Å². The number of hydrogen-bond acceptors (Lipinski definition) is 5. The smallest absolute Gasteiger partial charge is 0.260 e. The van der Waals surface area contributed by atoms with Gasteiger partial charge in [-0.15, -0.1) is 0 Å². The molecule has 1 N–H and O–H groups in total. The number of aromatic nitrogens is 2. The second-order valence-corrected chi connectivity index (χ2v) is 5.43. The van der Waals surface area contributed by atoms with Crippen LogP contribution in [-0.4, -0.2) is 28.2 Å². The molecule has 1 unspecified atom stereocenters. The summed E-state index contributed by atoms with van der Waals surface area (Å²) in [7, 11) is 0. The third-order valence-electron chi connectivity index (χ3n) is 3.64. The molecule has 1 aromatic heterocycles. The standard InChI is InChI=1S/C18H16N4O3/c1-12-5-2-3-6-13(12)8-9-15(23)20-11-16-21-17(22-25-16)14-7-4-10-19-18(14)24/h2-10,14H,11H2,1H3,(H,20,23)/b9-8+. The van der Waals surface area contributed by atoms with E-state index in [1.54, 1.807) is 18.2 Å². The van der Waals surface area contributed by atoms with E-state index in [0.717, 1.165) is 11.1 Å². The molecular formula is C18H16N4O3. The molecule has 1 aromatic carbocycles. The average molecular weight is 336 g/mol. The van der Waals surface area contributed by atoms with Gasteiger partial charge < -0.3 is 9.84 Å². The number of aryl methyl sites for hydroxylation is 1. The Hall–Kier alpha value is -3.35. The summed E-state index contributed by atoms with van der Waals surface area (Å²) in [5.41, 5.74) is 2.06. The van der Waals surface area contributed by atoms with E-state index in [1.165, 1.54) is 12.3 Å². The lowest BCUT2D eigenvalue weighted by molar-refractivity contribution is -0.118. The maximum atomic E-state index is 11.9. The van der Waals surface area contributed by atoms with Crippen molar-refractivity contribution in [3.63, 3.8) is 0 Å². The van der Waals surface area contributed by atoms with Crippen LogP contribution in [0.3, 0.4) is 0 Å². The van der Waals surface area contributed by atoms with E-state index < -0.39 is 5.92 Å². The minimum atomic E-state index is -0.640. The summed E-state index contributed by atoms with van der Waals surface area (Å²) < 4.78 is 5.06. The Morgan fingerprint density at radius 2 is 2.20 bits per heavy atom. The number of rotatable bonds is 5. The topological polar surface area (TPSA) is 97.5 Å². The monoisotopic (exact) mass is 336 g/mol. The second kappa shape index (κ2) is 7.48. The van der Waals surface area contributed by atoms with Crippen molar-refractivity contribution in [2.75, 3.05) is 0 Å². The molecule has 0 saturated heterocycles. The fourth-order valence-corrected chi connectivity index (χ4v) is 2.26. The summed E-state index contributed by atoms with van der Waals surface area (Å²) in [6, 6.07) is 7.76. The molecule has 0 bridgehead atoms. The Bertz CT molecular complexity index is 880. The molecule has 2 amide bonds. The quantitative estimate of drug-likeness (QED) is 0.842. The van der Waals surface area contributed by atoms with Gasteiger partial charge in [0.1, 0.15) is 5.92 Å². The molecule has 1 aliphatic rings. The van der Waals surface area contributed by atoms with Crippen LogP contribution in [0, 0.1) is 6.92 Å². The van der Waals surface area contributed by atoms with E-state index in [4.69, 9.17) is 4.52 Å². The summed E-state index contributed by atoms with van der Waals surface area (Å²) in [4.78, 5) is 31.4. The van der Waals surface area contributed by atoms with Crippen LogP contribution in [0.5, 0.6) is 0 Å². The highest BCUT2D eigenvalue weighted by molar-refractivity contribution is 5.96. The minimum absolute atomic E-state index is 0.0812. The van der Waals surface area contributed by atoms with Gasteiger partial charge in [-0.2, -0.15) is 4.98 Å². The number of nitrogens with one attached hydrogen (secondary N) is 1. The molecule has 0 saturated carbocycles. The van der Waals surface area contributed by atoms with Crippen molar-refractivity contribution in [2.24, 2.45) is 4.99 Å². The summed E-state index contributed by atoms with van der Waals surface area (Å²) in [6.07, 6.45) is 7.91. The number of allylic oxidation sites excluding steroid dienone is 1. The molecule has 7 nitrogen and oxygen atoms in total. The number of carbonyl (C=O) groups excluding carboxylic acids is 2. The zero-order chi connectivity index (χ0) is 17.6. The third kappa shape index (κ3) is 4.14. The maximum Gasteiger partial charge on any atom is 0.260 e. The molecule has 126 valence electrons. The molecule has 3 rings (SSSR count). The van der Waals surface area contributed by atoms with E-state index in [-0.39, 0.29) is 30.1 Å². The molecule has 25 heavy (non-hydrogen) atoms. The van der Waals surface area contributed by atoms with Crippen molar-refractivity contribution >= 4 is 24.1 Å². The number of benzene rings is 1. The molecule has 1 aliphatic heterocycles. The zero-order valence-electron chi connectivity index (χ0n) is 13.5. The van der Waals surface area contributed by atoms with Crippen LogP contribution in [0.4, 0.5) is 0 Å². The number of carbonyl (C=O) groups is 2. The SMILES string of the molecule is Cc1ccccc1/C=C/C(=O)NCc1nc(C2C=CC=NC2=O)no1. The predicted octanol–water partition coefficient (Wildman–Crippen LogP) is 1.96. The number of nitrogens with zero attached hydrogens (tertiary/aromatic N) is 3. The number of aliphatic imine (C=N–C) groups is 1. The lowest BCUT2D eigenvalue weighted by Crippen LogP contribution is -2.20. The molecule has 2 heterocycles. The van der Waals surface area contributed by atoms with Crippen LogP contribution in [0.1, 0.15) is 28.8 Å². The molecule has 0 fully saturated rings. The van der Waals surface area contributed by atoms with Crippen LogP contribution >= 0.6 is 0 Å². The van der Waals surface area contributed by atoms with Crippen molar-refractivity contribution < 1.29 is 14.1 Å². The van der Waals surface area contributed by atoms with Crippen molar-refractivity contribution in [1.29, 1.82) is 0 Å². The summed E-state index contributed by atoms with van der Waals surface area (Å²) in [5.74, 6) is -0.804. The number of hydrogen-bond donors (Lipinski definition) is 1. The molecular weight excluding hydrogens is 320 g/mol. The van der Waals surface area contributed by atoms with Gasteiger partial charge >= 0.3 is 0 Å². The molecule has 7 heteroatoms. The van der Waals surface area contributed by atoms with Crippen LogP contribution in [0.25, 0.3) is 6.08 Å². The Morgan fingerprint density at radius 1 is 1.36 bits per heavy atom. The van der Waals surface area contributed by atoms with Crippen LogP contribution in [0.2, 0.25) is 0 Å². The van der Waals surface area contributed by atoms with E-state index in [2.05, 4.69) is 20.4 Å². The lowest BCUT2D eigenvalue weighted by atomic mass is 10.1. The minimum Gasteiger partial charge on any atom is -0.343 e. The first-order valence-electron chi connectivity index (χ1n) is 7.72. The van der Waals surface area contributed by atoms with Crippen molar-refractivity contribution in [3.8, 4) is 0 Å².